The Bertz CT molecular complexity index is 701. The van der Waals surface area contributed by atoms with Crippen LogP contribution in [0.2, 0.25) is 0 Å². The molecule has 0 aliphatic rings. The van der Waals surface area contributed by atoms with Gasteiger partial charge in [0, 0.05) is 18.0 Å². The van der Waals surface area contributed by atoms with Crippen LogP contribution in [0.4, 0.5) is 0 Å². The molecule has 0 bridgehead atoms. The molecule has 2 N–H and O–H groups in total. The summed E-state index contributed by atoms with van der Waals surface area (Å²) in [5, 5.41) is 6.98. The number of rotatable bonds is 4. The molecule has 96 valence electrons. The number of aromatic amines is 1. The van der Waals surface area contributed by atoms with Gasteiger partial charge in [0.2, 0.25) is 4.77 Å². The number of pyridine rings is 1. The van der Waals surface area contributed by atoms with E-state index in [1.807, 2.05) is 24.3 Å². The van der Waals surface area contributed by atoms with Gasteiger partial charge >= 0.3 is 0 Å². The van der Waals surface area contributed by atoms with Crippen molar-refractivity contribution in [2.75, 3.05) is 5.43 Å². The quantitative estimate of drug-likeness (QED) is 0.714. The number of nitrogens with zero attached hydrogens (tertiary/aromatic N) is 3. The number of furan rings is 1. The van der Waals surface area contributed by atoms with Crippen molar-refractivity contribution in [3.05, 3.63) is 53.5 Å². The SMILES string of the molecule is S=c1[nH]nc(-c2ccncc2)n1NCc1ccco1. The molecule has 0 aliphatic heterocycles. The fourth-order valence-electron chi connectivity index (χ4n) is 1.71. The first-order valence-corrected chi connectivity index (χ1v) is 6.09. The van der Waals surface area contributed by atoms with Gasteiger partial charge in [-0.3, -0.25) is 4.98 Å². The van der Waals surface area contributed by atoms with Gasteiger partial charge in [0.1, 0.15) is 5.76 Å². The summed E-state index contributed by atoms with van der Waals surface area (Å²) in [7, 11) is 0. The molecule has 0 spiro atoms. The lowest BCUT2D eigenvalue weighted by atomic mass is 10.2. The van der Waals surface area contributed by atoms with E-state index in [0.29, 0.717) is 17.1 Å². The molecule has 19 heavy (non-hydrogen) atoms. The Hall–Kier alpha value is -2.41. The summed E-state index contributed by atoms with van der Waals surface area (Å²) >= 11 is 5.20. The molecule has 3 aromatic rings. The zero-order chi connectivity index (χ0) is 13.1. The third kappa shape index (κ3) is 2.41. The molecule has 0 aromatic carbocycles. The number of H-pyrrole nitrogens is 1. The fourth-order valence-corrected chi connectivity index (χ4v) is 1.91. The summed E-state index contributed by atoms with van der Waals surface area (Å²) in [6.07, 6.45) is 5.06. The molecule has 3 heterocycles. The first kappa shape index (κ1) is 11.7. The number of hydrogen-bond donors (Lipinski definition) is 2. The third-order valence-electron chi connectivity index (χ3n) is 2.60. The van der Waals surface area contributed by atoms with Crippen molar-refractivity contribution in [1.29, 1.82) is 0 Å². The monoisotopic (exact) mass is 273 g/mol. The largest absolute Gasteiger partial charge is 0.467 e. The van der Waals surface area contributed by atoms with E-state index in [4.69, 9.17) is 16.6 Å². The smallest absolute Gasteiger partial charge is 0.214 e. The Labute approximate surface area is 114 Å². The zero-order valence-corrected chi connectivity index (χ0v) is 10.7. The van der Waals surface area contributed by atoms with Gasteiger partial charge in [-0.1, -0.05) is 0 Å². The van der Waals surface area contributed by atoms with Crippen LogP contribution >= 0.6 is 12.2 Å². The molecule has 3 aromatic heterocycles. The number of aromatic nitrogens is 4. The van der Waals surface area contributed by atoms with Crippen LogP contribution in [0, 0.1) is 4.77 Å². The molecule has 0 fully saturated rings. The molecule has 0 aliphatic carbocycles. The highest BCUT2D eigenvalue weighted by atomic mass is 32.1. The normalized spacial score (nSPS) is 10.5. The molecule has 7 heteroatoms. The molecule has 0 unspecified atom stereocenters. The van der Waals surface area contributed by atoms with Crippen LogP contribution < -0.4 is 5.43 Å². The summed E-state index contributed by atoms with van der Waals surface area (Å²) < 4.78 is 7.48. The van der Waals surface area contributed by atoms with Crippen molar-refractivity contribution in [2.45, 2.75) is 6.54 Å². The molecular formula is C12H11N5OS. The van der Waals surface area contributed by atoms with Crippen LogP contribution in [0.3, 0.4) is 0 Å². The average Bonchev–Trinajstić information content (AvgIpc) is 3.07. The summed E-state index contributed by atoms with van der Waals surface area (Å²) in [5.74, 6) is 1.53. The van der Waals surface area contributed by atoms with Crippen molar-refractivity contribution in [2.24, 2.45) is 0 Å². The molecule has 0 atom stereocenters. The molecule has 0 radical (unpaired) electrons. The van der Waals surface area contributed by atoms with E-state index in [2.05, 4.69) is 20.6 Å². The summed E-state index contributed by atoms with van der Waals surface area (Å²) in [6, 6.07) is 7.48. The van der Waals surface area contributed by atoms with Gasteiger partial charge in [-0.25, -0.2) is 9.77 Å². The maximum atomic E-state index is 5.27. The lowest BCUT2D eigenvalue weighted by Crippen LogP contribution is -2.15. The van der Waals surface area contributed by atoms with Gasteiger partial charge in [0.15, 0.2) is 5.82 Å². The van der Waals surface area contributed by atoms with Crippen molar-refractivity contribution in [3.8, 4) is 11.4 Å². The highest BCUT2D eigenvalue weighted by molar-refractivity contribution is 7.71. The van der Waals surface area contributed by atoms with Crippen LogP contribution in [0.15, 0.2) is 47.3 Å². The Morgan fingerprint density at radius 3 is 2.89 bits per heavy atom. The van der Waals surface area contributed by atoms with Crippen molar-refractivity contribution in [3.63, 3.8) is 0 Å². The van der Waals surface area contributed by atoms with Crippen molar-refractivity contribution >= 4 is 12.2 Å². The molecule has 0 saturated heterocycles. The Kier molecular flexibility index (Phi) is 3.11. The minimum Gasteiger partial charge on any atom is -0.467 e. The zero-order valence-electron chi connectivity index (χ0n) is 9.91. The van der Waals surface area contributed by atoms with E-state index in [1.54, 1.807) is 23.3 Å². The van der Waals surface area contributed by atoms with E-state index in [-0.39, 0.29) is 0 Å². The molecule has 0 amide bonds. The van der Waals surface area contributed by atoms with Gasteiger partial charge in [0.05, 0.1) is 12.8 Å². The lowest BCUT2D eigenvalue weighted by Gasteiger charge is -2.08. The maximum Gasteiger partial charge on any atom is 0.214 e. The highest BCUT2D eigenvalue weighted by Crippen LogP contribution is 2.14. The van der Waals surface area contributed by atoms with Crippen LogP contribution in [-0.4, -0.2) is 19.9 Å². The highest BCUT2D eigenvalue weighted by Gasteiger charge is 2.08. The molecular weight excluding hydrogens is 262 g/mol. The summed E-state index contributed by atoms with van der Waals surface area (Å²) in [6.45, 7) is 0.527. The number of nitrogens with one attached hydrogen (secondary N) is 2. The van der Waals surface area contributed by atoms with Crippen molar-refractivity contribution < 1.29 is 4.42 Å². The minimum atomic E-state index is 0.498. The minimum absolute atomic E-state index is 0.498. The average molecular weight is 273 g/mol. The first-order valence-electron chi connectivity index (χ1n) is 5.68. The second kappa shape index (κ2) is 5.07. The summed E-state index contributed by atoms with van der Waals surface area (Å²) in [5.41, 5.74) is 4.09. The van der Waals surface area contributed by atoms with Gasteiger partial charge < -0.3 is 9.84 Å². The van der Waals surface area contributed by atoms with Gasteiger partial charge in [-0.05, 0) is 36.5 Å². The van der Waals surface area contributed by atoms with Crippen LogP contribution in [0.5, 0.6) is 0 Å². The van der Waals surface area contributed by atoms with Gasteiger partial charge in [-0.2, -0.15) is 5.10 Å². The van der Waals surface area contributed by atoms with Crippen LogP contribution in [0.1, 0.15) is 5.76 Å². The Balaban J connectivity index is 1.89. The van der Waals surface area contributed by atoms with E-state index in [9.17, 15) is 0 Å². The van der Waals surface area contributed by atoms with Crippen molar-refractivity contribution in [1.82, 2.24) is 19.9 Å². The maximum absolute atomic E-state index is 5.27. The molecule has 6 nitrogen and oxygen atoms in total. The Morgan fingerprint density at radius 2 is 2.16 bits per heavy atom. The van der Waals surface area contributed by atoms with E-state index in [0.717, 1.165) is 11.3 Å². The van der Waals surface area contributed by atoms with Crippen LogP contribution in [0.25, 0.3) is 11.4 Å². The second-order valence-electron chi connectivity index (χ2n) is 3.84. The second-order valence-corrected chi connectivity index (χ2v) is 4.22. The predicted molar refractivity (Wildman–Crippen MR) is 72.4 cm³/mol. The molecule has 0 saturated carbocycles. The van der Waals surface area contributed by atoms with E-state index < -0.39 is 0 Å². The van der Waals surface area contributed by atoms with E-state index in [1.165, 1.54) is 0 Å². The Morgan fingerprint density at radius 1 is 1.32 bits per heavy atom. The fraction of sp³-hybridized carbons (Fsp3) is 0.0833. The standard InChI is InChI=1S/C12H11N5OS/c19-12-16-15-11(9-3-5-13-6-4-9)17(12)14-8-10-2-1-7-18-10/h1-7,14H,8H2,(H,16,19). The third-order valence-corrected chi connectivity index (χ3v) is 2.88. The van der Waals surface area contributed by atoms with Crippen LogP contribution in [-0.2, 0) is 6.54 Å². The van der Waals surface area contributed by atoms with Gasteiger partial charge in [-0.15, -0.1) is 0 Å². The van der Waals surface area contributed by atoms with E-state index >= 15 is 0 Å². The lowest BCUT2D eigenvalue weighted by molar-refractivity contribution is 0.510. The first-order chi connectivity index (χ1) is 9.34. The van der Waals surface area contributed by atoms with Gasteiger partial charge in [0.25, 0.3) is 0 Å². The summed E-state index contributed by atoms with van der Waals surface area (Å²) in [4.78, 5) is 3.99. The number of hydrogen-bond acceptors (Lipinski definition) is 5. The topological polar surface area (TPSA) is 71.7 Å². The molecule has 3 rings (SSSR count). The predicted octanol–water partition coefficient (Wildman–Crippen LogP) is 2.34.